The lowest BCUT2D eigenvalue weighted by Gasteiger charge is -2.46. The first kappa shape index (κ1) is 34.8. The molecule has 0 aromatic carbocycles. The van der Waals surface area contributed by atoms with Crippen LogP contribution in [-0.4, -0.2) is 16.8 Å². The smallest absolute Gasteiger partial charge is 0.306 e. The first-order valence-corrected chi connectivity index (χ1v) is 19.6. The third kappa shape index (κ3) is 12.1. The van der Waals surface area contributed by atoms with E-state index in [1.165, 1.54) is 193 Å². The molecule has 0 amide bonds. The van der Waals surface area contributed by atoms with E-state index in [1.807, 2.05) is 0 Å². The van der Waals surface area contributed by atoms with Crippen molar-refractivity contribution < 1.29 is 13.6 Å². The van der Waals surface area contributed by atoms with E-state index in [9.17, 15) is 0 Å². The highest BCUT2D eigenvalue weighted by molar-refractivity contribution is 7.41. The van der Waals surface area contributed by atoms with E-state index in [4.69, 9.17) is 13.6 Å². The van der Waals surface area contributed by atoms with Crippen molar-refractivity contribution in [3.63, 3.8) is 0 Å². The Labute approximate surface area is 252 Å². The fraction of sp³-hybridized carbons (Fsp3) is 1.00. The second-order valence-corrected chi connectivity index (χ2v) is 15.2. The van der Waals surface area contributed by atoms with Gasteiger partial charge in [-0.25, -0.2) is 0 Å². The van der Waals surface area contributed by atoms with Crippen molar-refractivity contribution in [1.29, 1.82) is 0 Å². The maximum absolute atomic E-state index is 7.39. The van der Waals surface area contributed by atoms with Gasteiger partial charge < -0.3 is 13.6 Å². The highest BCUT2D eigenvalue weighted by Gasteiger charge is 2.45. The molecular formula is C36H69O3P. The largest absolute Gasteiger partial charge is 0.334 e. The van der Waals surface area contributed by atoms with Crippen LogP contribution in [0.1, 0.15) is 213 Å². The average Bonchev–Trinajstić information content (AvgIpc) is 2.97. The van der Waals surface area contributed by atoms with Crippen molar-refractivity contribution in [3.05, 3.63) is 0 Å². The van der Waals surface area contributed by atoms with Gasteiger partial charge in [-0.15, -0.1) is 0 Å². The Morgan fingerprint density at radius 2 is 0.650 bits per heavy atom. The molecular weight excluding hydrogens is 511 g/mol. The fourth-order valence-corrected chi connectivity index (χ4v) is 9.78. The van der Waals surface area contributed by atoms with Crippen LogP contribution in [-0.2, 0) is 13.6 Å². The maximum Gasteiger partial charge on any atom is 0.334 e. The van der Waals surface area contributed by atoms with Crippen molar-refractivity contribution >= 4 is 8.60 Å². The second-order valence-electron chi connectivity index (χ2n) is 14.2. The fourth-order valence-electron chi connectivity index (χ4n) is 7.90. The van der Waals surface area contributed by atoms with Gasteiger partial charge in [0, 0.05) is 0 Å². The molecule has 0 N–H and O–H groups in total. The molecule has 0 aromatic rings. The molecule has 0 bridgehead atoms. The quantitative estimate of drug-likeness (QED) is 0.0998. The number of rotatable bonds is 21. The molecule has 3 aliphatic carbocycles. The lowest BCUT2D eigenvalue weighted by molar-refractivity contribution is -0.0795. The molecule has 0 unspecified atom stereocenters. The van der Waals surface area contributed by atoms with Crippen molar-refractivity contribution in [2.24, 2.45) is 0 Å². The first-order valence-electron chi connectivity index (χ1n) is 18.5. The molecule has 3 fully saturated rings. The predicted molar refractivity (Wildman–Crippen MR) is 174 cm³/mol. The van der Waals surface area contributed by atoms with Crippen molar-refractivity contribution in [2.45, 2.75) is 230 Å². The molecule has 0 radical (unpaired) electrons. The molecule has 4 heteroatoms. The van der Waals surface area contributed by atoms with E-state index >= 15 is 0 Å². The predicted octanol–water partition coefficient (Wildman–Crippen LogP) is 13.3. The minimum absolute atomic E-state index is 0.0200. The molecule has 3 saturated carbocycles. The van der Waals surface area contributed by atoms with Gasteiger partial charge in [0.15, 0.2) is 0 Å². The van der Waals surface area contributed by atoms with Gasteiger partial charge in [0.25, 0.3) is 0 Å². The van der Waals surface area contributed by atoms with Gasteiger partial charge >= 0.3 is 8.60 Å². The van der Waals surface area contributed by atoms with Crippen molar-refractivity contribution in [1.82, 2.24) is 0 Å². The van der Waals surface area contributed by atoms with Gasteiger partial charge in [0.1, 0.15) is 0 Å². The molecule has 3 rings (SSSR count). The number of hydrogen-bond acceptors (Lipinski definition) is 3. The van der Waals surface area contributed by atoms with Crippen LogP contribution in [0.25, 0.3) is 0 Å². The summed E-state index contributed by atoms with van der Waals surface area (Å²) in [4.78, 5) is 0. The second kappa shape index (κ2) is 19.6. The van der Waals surface area contributed by atoms with Crippen molar-refractivity contribution in [2.75, 3.05) is 0 Å². The number of unbranched alkanes of at least 4 members (excludes halogenated alkanes) is 9. The normalized spacial score (nSPS) is 22.5. The summed E-state index contributed by atoms with van der Waals surface area (Å²) in [5, 5.41) is 0. The maximum atomic E-state index is 7.39. The minimum atomic E-state index is -1.35. The summed E-state index contributed by atoms with van der Waals surface area (Å²) in [6, 6.07) is 0. The molecule has 3 nitrogen and oxygen atoms in total. The first-order chi connectivity index (χ1) is 19.6. The summed E-state index contributed by atoms with van der Waals surface area (Å²) < 4.78 is 22.2. The van der Waals surface area contributed by atoms with Gasteiger partial charge in [-0.1, -0.05) is 156 Å². The lowest BCUT2D eigenvalue weighted by Crippen LogP contribution is -2.40. The monoisotopic (exact) mass is 580 g/mol. The van der Waals surface area contributed by atoms with Crippen LogP contribution in [0.4, 0.5) is 0 Å². The van der Waals surface area contributed by atoms with Gasteiger partial charge in [0.2, 0.25) is 0 Å². The molecule has 0 saturated heterocycles. The summed E-state index contributed by atoms with van der Waals surface area (Å²) in [7, 11) is -1.35. The van der Waals surface area contributed by atoms with Crippen LogP contribution < -0.4 is 0 Å². The Balaban J connectivity index is 1.82. The van der Waals surface area contributed by atoms with Crippen LogP contribution in [0.3, 0.4) is 0 Å². The van der Waals surface area contributed by atoms with Crippen LogP contribution in [0, 0.1) is 0 Å². The highest BCUT2D eigenvalue weighted by Crippen LogP contribution is 2.59. The Bertz CT molecular complexity index is 534. The molecule has 236 valence electrons. The van der Waals surface area contributed by atoms with Gasteiger partial charge in [-0.05, 0) is 57.8 Å². The highest BCUT2D eigenvalue weighted by atomic mass is 31.2. The zero-order valence-electron chi connectivity index (χ0n) is 27.4. The van der Waals surface area contributed by atoms with E-state index in [2.05, 4.69) is 20.8 Å². The van der Waals surface area contributed by atoms with Crippen LogP contribution >= 0.6 is 8.60 Å². The molecule has 0 atom stereocenters. The van der Waals surface area contributed by atoms with Gasteiger partial charge in [-0.2, -0.15) is 0 Å². The van der Waals surface area contributed by atoms with E-state index in [1.54, 1.807) is 0 Å². The Kier molecular flexibility index (Phi) is 17.0. The summed E-state index contributed by atoms with van der Waals surface area (Å²) in [5.74, 6) is 0. The summed E-state index contributed by atoms with van der Waals surface area (Å²) in [6.07, 6.45) is 38.6. The Hall–Kier alpha value is 0.310. The third-order valence-corrected chi connectivity index (χ3v) is 12.2. The zero-order valence-corrected chi connectivity index (χ0v) is 28.3. The number of hydrogen-bond donors (Lipinski definition) is 0. The third-order valence-electron chi connectivity index (χ3n) is 10.6. The average molecular weight is 581 g/mol. The molecule has 0 aliphatic heterocycles. The van der Waals surface area contributed by atoms with Crippen LogP contribution in [0.5, 0.6) is 0 Å². The Morgan fingerprint density at radius 3 is 0.900 bits per heavy atom. The molecule has 40 heavy (non-hydrogen) atoms. The SMILES string of the molecule is CCCCCCC1(OP(OC2(CCCCCC)CCCCC2)OC2(CCCCCC)CCCCC2)CCCCC1. The minimum Gasteiger partial charge on any atom is -0.306 e. The lowest BCUT2D eigenvalue weighted by atomic mass is 9.81. The molecule has 3 aliphatic rings. The standard InChI is InChI=1S/C36H69O3P/c1-4-7-10-16-25-34(28-19-13-20-29-34)37-40(38-35(26-17-11-8-5-2)30-21-14-22-31-35)39-36(27-18-12-9-6-3)32-23-15-24-33-36/h4-33H2,1-3H3. The van der Waals surface area contributed by atoms with Gasteiger partial charge in [-0.3, -0.25) is 0 Å². The van der Waals surface area contributed by atoms with E-state index in [0.717, 1.165) is 0 Å². The van der Waals surface area contributed by atoms with E-state index < -0.39 is 8.60 Å². The van der Waals surface area contributed by atoms with Gasteiger partial charge in [0.05, 0.1) is 16.8 Å². The van der Waals surface area contributed by atoms with Crippen LogP contribution in [0.15, 0.2) is 0 Å². The zero-order chi connectivity index (χ0) is 28.4. The summed E-state index contributed by atoms with van der Waals surface area (Å²) in [6.45, 7) is 6.96. The molecule has 0 heterocycles. The van der Waals surface area contributed by atoms with Crippen LogP contribution in [0.2, 0.25) is 0 Å². The van der Waals surface area contributed by atoms with Crippen molar-refractivity contribution in [3.8, 4) is 0 Å². The summed E-state index contributed by atoms with van der Waals surface area (Å²) in [5.41, 5.74) is -0.0600. The molecule has 0 aromatic heterocycles. The Morgan fingerprint density at radius 1 is 0.375 bits per heavy atom. The van der Waals surface area contributed by atoms with E-state index in [-0.39, 0.29) is 16.8 Å². The topological polar surface area (TPSA) is 27.7 Å². The van der Waals surface area contributed by atoms with E-state index in [0.29, 0.717) is 0 Å². The molecule has 0 spiro atoms. The summed E-state index contributed by atoms with van der Waals surface area (Å²) >= 11 is 0.